The second-order valence-corrected chi connectivity index (χ2v) is 7.45. The average molecular weight is 332 g/mol. The molecule has 4 heteroatoms. The van der Waals surface area contributed by atoms with Crippen molar-refractivity contribution >= 4 is 5.69 Å². The molecule has 0 spiro atoms. The zero-order valence-electron chi connectivity index (χ0n) is 15.5. The molecular weight excluding hydrogens is 298 g/mol. The molecule has 4 nitrogen and oxygen atoms in total. The lowest BCUT2D eigenvalue weighted by Gasteiger charge is -2.43. The molecule has 1 saturated carbocycles. The highest BCUT2D eigenvalue weighted by atomic mass is 16.5. The van der Waals surface area contributed by atoms with Crippen LogP contribution >= 0.6 is 0 Å². The van der Waals surface area contributed by atoms with Gasteiger partial charge in [-0.15, -0.1) is 0 Å². The first-order chi connectivity index (χ1) is 11.7. The number of para-hydroxylation sites is 2. The molecule has 0 radical (unpaired) electrons. The van der Waals surface area contributed by atoms with Crippen LogP contribution in [0.25, 0.3) is 0 Å². The molecule has 134 valence electrons. The molecule has 0 aromatic heterocycles. The smallest absolute Gasteiger partial charge is 0.142 e. The summed E-state index contributed by atoms with van der Waals surface area (Å²) in [5, 5.41) is 3.44. The number of nitrogens with zero attached hydrogens (tertiary/aromatic N) is 2. The lowest BCUT2D eigenvalue weighted by Crippen LogP contribution is -2.52. The Balaban J connectivity index is 1.56. The largest absolute Gasteiger partial charge is 0.489 e. The highest BCUT2D eigenvalue weighted by Gasteiger charge is 2.28. The van der Waals surface area contributed by atoms with E-state index in [1.165, 1.54) is 44.5 Å². The summed E-state index contributed by atoms with van der Waals surface area (Å²) in [4.78, 5) is 5.21. The van der Waals surface area contributed by atoms with E-state index in [1.807, 2.05) is 0 Å². The van der Waals surface area contributed by atoms with Gasteiger partial charge >= 0.3 is 0 Å². The van der Waals surface area contributed by atoms with Crippen molar-refractivity contribution in [1.82, 2.24) is 10.2 Å². The average Bonchev–Trinajstić information content (AvgIpc) is 2.62. The van der Waals surface area contributed by atoms with Gasteiger partial charge in [-0.1, -0.05) is 12.1 Å². The topological polar surface area (TPSA) is 27.7 Å². The van der Waals surface area contributed by atoms with E-state index in [2.05, 4.69) is 60.3 Å². The van der Waals surface area contributed by atoms with Crippen molar-refractivity contribution in [2.75, 3.05) is 38.1 Å². The predicted octanol–water partition coefficient (Wildman–Crippen LogP) is 3.13. The van der Waals surface area contributed by atoms with Crippen molar-refractivity contribution < 1.29 is 4.74 Å². The van der Waals surface area contributed by atoms with Crippen molar-refractivity contribution in [3.63, 3.8) is 0 Å². The van der Waals surface area contributed by atoms with Crippen LogP contribution in [0.5, 0.6) is 5.75 Å². The van der Waals surface area contributed by atoms with Gasteiger partial charge in [-0.3, -0.25) is 4.90 Å². The van der Waals surface area contributed by atoms with Crippen LogP contribution in [0.15, 0.2) is 24.3 Å². The minimum Gasteiger partial charge on any atom is -0.489 e. The number of ether oxygens (including phenoxy) is 1. The lowest BCUT2D eigenvalue weighted by molar-refractivity contribution is 0.137. The van der Waals surface area contributed by atoms with E-state index in [9.17, 15) is 0 Å². The fourth-order valence-corrected chi connectivity index (χ4v) is 4.13. The fourth-order valence-electron chi connectivity index (χ4n) is 4.13. The minimum atomic E-state index is 0.217. The maximum Gasteiger partial charge on any atom is 0.142 e. The first kappa shape index (κ1) is 17.6. The molecule has 24 heavy (non-hydrogen) atoms. The van der Waals surface area contributed by atoms with Gasteiger partial charge in [-0.25, -0.2) is 0 Å². The van der Waals surface area contributed by atoms with Gasteiger partial charge in [0.05, 0.1) is 11.8 Å². The zero-order valence-corrected chi connectivity index (χ0v) is 15.5. The Bertz CT molecular complexity index is 503. The molecule has 1 saturated heterocycles. The summed E-state index contributed by atoms with van der Waals surface area (Å²) >= 11 is 0. The third-order valence-corrected chi connectivity index (χ3v) is 5.50. The van der Waals surface area contributed by atoms with Gasteiger partial charge in [-0.05, 0) is 58.7 Å². The first-order valence-corrected chi connectivity index (χ1v) is 9.59. The van der Waals surface area contributed by atoms with Crippen LogP contribution in [0.3, 0.4) is 0 Å². The SMILES string of the molecule is CNC1CCC(N2CCN(c3ccccc3OC(C)C)CC2)CC1. The fraction of sp³-hybridized carbons (Fsp3) is 0.700. The van der Waals surface area contributed by atoms with E-state index in [0.717, 1.165) is 30.9 Å². The van der Waals surface area contributed by atoms with Gasteiger partial charge in [0.1, 0.15) is 5.75 Å². The predicted molar refractivity (Wildman–Crippen MR) is 101 cm³/mol. The van der Waals surface area contributed by atoms with Gasteiger partial charge in [0, 0.05) is 38.3 Å². The summed E-state index contributed by atoms with van der Waals surface area (Å²) < 4.78 is 6.00. The maximum atomic E-state index is 6.00. The lowest BCUT2D eigenvalue weighted by atomic mass is 9.90. The van der Waals surface area contributed by atoms with Gasteiger partial charge in [0.15, 0.2) is 0 Å². The standard InChI is InChI=1S/C20H33N3O/c1-16(2)24-20-7-5-4-6-19(20)23-14-12-22(13-15-23)18-10-8-17(21-3)9-11-18/h4-7,16-18,21H,8-15H2,1-3H3. The number of nitrogens with one attached hydrogen (secondary N) is 1. The molecule has 1 aliphatic carbocycles. The summed E-state index contributed by atoms with van der Waals surface area (Å²) in [7, 11) is 2.10. The molecule has 0 unspecified atom stereocenters. The first-order valence-electron chi connectivity index (χ1n) is 9.59. The van der Waals surface area contributed by atoms with Gasteiger partial charge in [0.2, 0.25) is 0 Å². The second kappa shape index (κ2) is 8.21. The second-order valence-electron chi connectivity index (χ2n) is 7.45. The normalized spacial score (nSPS) is 25.9. The third-order valence-electron chi connectivity index (χ3n) is 5.50. The molecule has 2 aliphatic rings. The number of hydrogen-bond acceptors (Lipinski definition) is 4. The number of benzene rings is 1. The maximum absolute atomic E-state index is 6.00. The molecule has 1 N–H and O–H groups in total. The number of rotatable bonds is 5. The molecular formula is C20H33N3O. The Morgan fingerprint density at radius 2 is 1.67 bits per heavy atom. The Hall–Kier alpha value is -1.26. The van der Waals surface area contributed by atoms with Crippen LogP contribution in [0, 0.1) is 0 Å². The number of hydrogen-bond donors (Lipinski definition) is 1. The van der Waals surface area contributed by atoms with Crippen LogP contribution in [-0.4, -0.2) is 56.3 Å². The molecule has 0 atom stereocenters. The third kappa shape index (κ3) is 4.22. The molecule has 3 rings (SSSR count). The van der Waals surface area contributed by atoms with E-state index < -0.39 is 0 Å². The summed E-state index contributed by atoms with van der Waals surface area (Å²) in [5.41, 5.74) is 1.25. The monoisotopic (exact) mass is 331 g/mol. The highest BCUT2D eigenvalue weighted by Crippen LogP contribution is 2.31. The van der Waals surface area contributed by atoms with Gasteiger partial charge in [0.25, 0.3) is 0 Å². The van der Waals surface area contributed by atoms with E-state index in [0.29, 0.717) is 0 Å². The number of anilines is 1. The Morgan fingerprint density at radius 3 is 2.29 bits per heavy atom. The van der Waals surface area contributed by atoms with Crippen LogP contribution in [0.4, 0.5) is 5.69 Å². The van der Waals surface area contributed by atoms with Crippen molar-refractivity contribution in [1.29, 1.82) is 0 Å². The van der Waals surface area contributed by atoms with E-state index in [1.54, 1.807) is 0 Å². The quantitative estimate of drug-likeness (QED) is 0.897. The Labute approximate surface area is 147 Å². The van der Waals surface area contributed by atoms with Crippen molar-refractivity contribution in [3.05, 3.63) is 24.3 Å². The minimum absolute atomic E-state index is 0.217. The van der Waals surface area contributed by atoms with E-state index in [-0.39, 0.29) is 6.10 Å². The highest BCUT2D eigenvalue weighted by molar-refractivity contribution is 5.58. The molecule has 1 aliphatic heterocycles. The summed E-state index contributed by atoms with van der Waals surface area (Å²) in [6.45, 7) is 8.73. The van der Waals surface area contributed by atoms with Crippen molar-refractivity contribution in [3.8, 4) is 5.75 Å². The molecule has 0 amide bonds. The van der Waals surface area contributed by atoms with E-state index in [4.69, 9.17) is 4.74 Å². The van der Waals surface area contributed by atoms with Crippen LogP contribution < -0.4 is 15.0 Å². The molecule has 1 aromatic rings. The zero-order chi connectivity index (χ0) is 16.9. The molecule has 1 heterocycles. The van der Waals surface area contributed by atoms with Crippen LogP contribution in [0.1, 0.15) is 39.5 Å². The molecule has 1 aromatic carbocycles. The molecule has 2 fully saturated rings. The molecule has 0 bridgehead atoms. The van der Waals surface area contributed by atoms with Crippen molar-refractivity contribution in [2.45, 2.75) is 57.7 Å². The summed E-state index contributed by atoms with van der Waals surface area (Å²) in [6, 6.07) is 10.0. The van der Waals surface area contributed by atoms with E-state index >= 15 is 0 Å². The van der Waals surface area contributed by atoms with Crippen LogP contribution in [-0.2, 0) is 0 Å². The van der Waals surface area contributed by atoms with Gasteiger partial charge < -0.3 is 15.0 Å². The summed E-state index contributed by atoms with van der Waals surface area (Å²) in [6.07, 6.45) is 5.56. The Morgan fingerprint density at radius 1 is 1.00 bits per heavy atom. The Kier molecular flexibility index (Phi) is 6.01. The number of piperazine rings is 1. The summed E-state index contributed by atoms with van der Waals surface area (Å²) in [5.74, 6) is 1.02. The van der Waals surface area contributed by atoms with Gasteiger partial charge in [-0.2, -0.15) is 0 Å². The van der Waals surface area contributed by atoms with Crippen molar-refractivity contribution in [2.24, 2.45) is 0 Å². The van der Waals surface area contributed by atoms with Crippen LogP contribution in [0.2, 0.25) is 0 Å².